The molecule has 3 rings (SSSR count). The first-order valence-corrected chi connectivity index (χ1v) is 5.36. The summed E-state index contributed by atoms with van der Waals surface area (Å²) in [5.74, 6) is 0.273. The van der Waals surface area contributed by atoms with Crippen molar-refractivity contribution < 1.29 is 9.59 Å². The van der Waals surface area contributed by atoms with E-state index < -0.39 is 0 Å². The van der Waals surface area contributed by atoms with Crippen LogP contribution in [0.25, 0.3) is 0 Å². The summed E-state index contributed by atoms with van der Waals surface area (Å²) in [5.41, 5.74) is 0. The second-order valence-electron chi connectivity index (χ2n) is 4.53. The lowest BCUT2D eigenvalue weighted by atomic mass is 10.2. The van der Waals surface area contributed by atoms with Gasteiger partial charge in [0.1, 0.15) is 0 Å². The highest BCUT2D eigenvalue weighted by atomic mass is 16.2. The van der Waals surface area contributed by atoms with E-state index in [1.54, 1.807) is 0 Å². The third-order valence-corrected chi connectivity index (χ3v) is 3.52. The summed E-state index contributed by atoms with van der Waals surface area (Å²) in [6.45, 7) is 1.62. The summed E-state index contributed by atoms with van der Waals surface area (Å²) >= 11 is 0. The predicted molar refractivity (Wildman–Crippen MR) is 49.3 cm³/mol. The second-order valence-corrected chi connectivity index (χ2v) is 4.53. The molecule has 3 atom stereocenters. The summed E-state index contributed by atoms with van der Waals surface area (Å²) < 4.78 is 0. The molecule has 2 heterocycles. The quantitative estimate of drug-likeness (QED) is 0.616. The number of hydrogen-bond donors (Lipinski definition) is 1. The van der Waals surface area contributed by atoms with Gasteiger partial charge in [0.05, 0.1) is 11.8 Å². The SMILES string of the molecule is O=C1C2CC2C(=O)N1C[C@@H]1CCCN1. The molecule has 2 aliphatic heterocycles. The van der Waals surface area contributed by atoms with E-state index in [1.165, 1.54) is 4.90 Å². The van der Waals surface area contributed by atoms with Crippen molar-refractivity contribution in [1.82, 2.24) is 10.2 Å². The molecule has 0 aromatic carbocycles. The fourth-order valence-electron chi connectivity index (χ4n) is 2.56. The molecule has 3 aliphatic rings. The van der Waals surface area contributed by atoms with Crippen LogP contribution in [-0.4, -0.2) is 35.8 Å². The van der Waals surface area contributed by atoms with Crippen LogP contribution in [0.3, 0.4) is 0 Å². The van der Waals surface area contributed by atoms with E-state index in [4.69, 9.17) is 0 Å². The number of carbonyl (C=O) groups is 2. The molecule has 4 nitrogen and oxygen atoms in total. The minimum absolute atomic E-state index is 0.0592. The van der Waals surface area contributed by atoms with Gasteiger partial charge in [-0.05, 0) is 25.8 Å². The lowest BCUT2D eigenvalue weighted by molar-refractivity contribution is -0.141. The molecule has 0 radical (unpaired) electrons. The van der Waals surface area contributed by atoms with Crippen LogP contribution in [0.15, 0.2) is 0 Å². The Morgan fingerprint density at radius 1 is 1.29 bits per heavy atom. The van der Waals surface area contributed by atoms with Gasteiger partial charge >= 0.3 is 0 Å². The van der Waals surface area contributed by atoms with Crippen LogP contribution in [0.2, 0.25) is 0 Å². The number of piperidine rings is 1. The smallest absolute Gasteiger partial charge is 0.233 e. The highest BCUT2D eigenvalue weighted by Crippen LogP contribution is 2.46. The summed E-state index contributed by atoms with van der Waals surface area (Å²) in [6, 6.07) is 0.348. The molecule has 3 fully saturated rings. The highest BCUT2D eigenvalue weighted by molar-refractivity contribution is 6.08. The number of rotatable bonds is 2. The van der Waals surface area contributed by atoms with Gasteiger partial charge < -0.3 is 5.32 Å². The van der Waals surface area contributed by atoms with Gasteiger partial charge in [0.25, 0.3) is 0 Å². The van der Waals surface area contributed by atoms with Crippen molar-refractivity contribution >= 4 is 11.8 Å². The van der Waals surface area contributed by atoms with E-state index in [1.807, 2.05) is 0 Å². The average Bonchev–Trinajstić information content (AvgIpc) is 2.75. The predicted octanol–water partition coefficient (Wildman–Crippen LogP) is -0.257. The maximum atomic E-state index is 11.6. The van der Waals surface area contributed by atoms with Crippen LogP contribution in [0, 0.1) is 11.8 Å². The van der Waals surface area contributed by atoms with Gasteiger partial charge in [0.2, 0.25) is 11.8 Å². The summed E-state index contributed by atoms with van der Waals surface area (Å²) in [4.78, 5) is 24.7. The van der Waals surface area contributed by atoms with E-state index in [-0.39, 0.29) is 23.7 Å². The van der Waals surface area contributed by atoms with E-state index in [9.17, 15) is 9.59 Å². The van der Waals surface area contributed by atoms with Gasteiger partial charge in [0.15, 0.2) is 0 Å². The van der Waals surface area contributed by atoms with Gasteiger partial charge in [-0.2, -0.15) is 0 Å². The Morgan fingerprint density at radius 2 is 2.00 bits per heavy atom. The fourth-order valence-corrected chi connectivity index (χ4v) is 2.56. The molecule has 0 spiro atoms. The van der Waals surface area contributed by atoms with Crippen molar-refractivity contribution in [2.24, 2.45) is 11.8 Å². The molecule has 2 amide bonds. The van der Waals surface area contributed by atoms with Crippen LogP contribution < -0.4 is 5.32 Å². The number of amides is 2. The summed E-state index contributed by atoms with van der Waals surface area (Å²) in [6.07, 6.45) is 3.06. The first-order chi connectivity index (χ1) is 6.77. The molecule has 4 heteroatoms. The van der Waals surface area contributed by atoms with Gasteiger partial charge in [-0.15, -0.1) is 0 Å². The monoisotopic (exact) mass is 194 g/mol. The van der Waals surface area contributed by atoms with Crippen molar-refractivity contribution in [3.63, 3.8) is 0 Å². The Balaban J connectivity index is 1.67. The fraction of sp³-hybridized carbons (Fsp3) is 0.800. The van der Waals surface area contributed by atoms with Crippen LogP contribution in [-0.2, 0) is 9.59 Å². The number of nitrogens with one attached hydrogen (secondary N) is 1. The van der Waals surface area contributed by atoms with Crippen molar-refractivity contribution in [1.29, 1.82) is 0 Å². The standard InChI is InChI=1S/C10H14N2O2/c13-9-7-4-8(7)10(14)12(9)5-6-2-1-3-11-6/h6-8,11H,1-5H2/t6-,7?,8?/m0/s1. The maximum absolute atomic E-state index is 11.6. The first-order valence-electron chi connectivity index (χ1n) is 5.36. The zero-order chi connectivity index (χ0) is 9.71. The molecule has 0 aromatic rings. The van der Waals surface area contributed by atoms with Gasteiger partial charge in [0, 0.05) is 12.6 Å². The number of fused-ring (bicyclic) bond motifs is 1. The van der Waals surface area contributed by atoms with Gasteiger partial charge in [-0.3, -0.25) is 14.5 Å². The molecule has 1 saturated carbocycles. The zero-order valence-corrected chi connectivity index (χ0v) is 8.03. The minimum Gasteiger partial charge on any atom is -0.312 e. The molecule has 2 unspecified atom stereocenters. The Hall–Kier alpha value is -0.900. The van der Waals surface area contributed by atoms with Crippen LogP contribution >= 0.6 is 0 Å². The Morgan fingerprint density at radius 3 is 2.57 bits per heavy atom. The highest BCUT2D eigenvalue weighted by Gasteiger charge is 2.58. The largest absolute Gasteiger partial charge is 0.312 e. The number of imide groups is 1. The Labute approximate surface area is 82.6 Å². The number of nitrogens with zero attached hydrogens (tertiary/aromatic N) is 1. The van der Waals surface area contributed by atoms with E-state index >= 15 is 0 Å². The molecule has 1 aliphatic carbocycles. The van der Waals surface area contributed by atoms with E-state index in [2.05, 4.69) is 5.32 Å². The molecule has 0 bridgehead atoms. The van der Waals surface area contributed by atoms with Crippen molar-refractivity contribution in [2.45, 2.75) is 25.3 Å². The number of carbonyl (C=O) groups excluding carboxylic acids is 2. The van der Waals surface area contributed by atoms with Crippen molar-refractivity contribution in [3.8, 4) is 0 Å². The molecule has 0 aromatic heterocycles. The van der Waals surface area contributed by atoms with Crippen LogP contribution in [0.4, 0.5) is 0 Å². The lowest BCUT2D eigenvalue weighted by Crippen LogP contribution is -2.42. The van der Waals surface area contributed by atoms with Crippen molar-refractivity contribution in [3.05, 3.63) is 0 Å². The lowest BCUT2D eigenvalue weighted by Gasteiger charge is -2.20. The molecular weight excluding hydrogens is 180 g/mol. The molecule has 2 saturated heterocycles. The normalized spacial score (nSPS) is 40.6. The molecule has 14 heavy (non-hydrogen) atoms. The zero-order valence-electron chi connectivity index (χ0n) is 8.03. The van der Waals surface area contributed by atoms with Gasteiger partial charge in [-0.25, -0.2) is 0 Å². The second kappa shape index (κ2) is 2.79. The number of likely N-dealkylation sites (tertiary alicyclic amines) is 1. The average molecular weight is 194 g/mol. The summed E-state index contributed by atoms with van der Waals surface area (Å²) in [5, 5.41) is 3.31. The molecule has 1 N–H and O–H groups in total. The third kappa shape index (κ3) is 1.10. The van der Waals surface area contributed by atoms with Gasteiger partial charge in [-0.1, -0.05) is 0 Å². The first kappa shape index (κ1) is 8.41. The minimum atomic E-state index is 0.0592. The summed E-state index contributed by atoms with van der Waals surface area (Å²) in [7, 11) is 0. The van der Waals surface area contributed by atoms with E-state index in [0.29, 0.717) is 12.6 Å². The molecule has 76 valence electrons. The van der Waals surface area contributed by atoms with Crippen molar-refractivity contribution in [2.75, 3.05) is 13.1 Å². The van der Waals surface area contributed by atoms with Crippen LogP contribution in [0.5, 0.6) is 0 Å². The third-order valence-electron chi connectivity index (χ3n) is 3.52. The molecular formula is C10H14N2O2. The Bertz CT molecular complexity index is 276. The van der Waals surface area contributed by atoms with E-state index in [0.717, 1.165) is 25.8 Å². The maximum Gasteiger partial charge on any atom is 0.233 e. The topological polar surface area (TPSA) is 49.4 Å². The Kier molecular flexibility index (Phi) is 1.68. The number of hydrogen-bond acceptors (Lipinski definition) is 3. The van der Waals surface area contributed by atoms with Crippen LogP contribution in [0.1, 0.15) is 19.3 Å².